The Morgan fingerprint density at radius 2 is 2.19 bits per heavy atom. The van der Waals surface area contributed by atoms with E-state index in [9.17, 15) is 9.59 Å². The number of hydrogen-bond acceptors (Lipinski definition) is 6. The number of amides is 1. The average molecular weight is 457 g/mol. The first-order valence-electron chi connectivity index (χ1n) is 8.18. The summed E-state index contributed by atoms with van der Waals surface area (Å²) in [5.41, 5.74) is 0.935. The van der Waals surface area contributed by atoms with Crippen molar-refractivity contribution in [2.75, 3.05) is 33.8 Å². The molecule has 2 rings (SSSR count). The Kier molecular flexibility index (Phi) is 8.27. The first kappa shape index (κ1) is 21.1. The third-order valence-corrected chi connectivity index (χ3v) is 5.46. The molecule has 0 unspecified atom stereocenters. The summed E-state index contributed by atoms with van der Waals surface area (Å²) in [6, 6.07) is 7.72. The molecular weight excluding hydrogens is 436 g/mol. The number of rotatable bonds is 8. The minimum atomic E-state index is -0.248. The van der Waals surface area contributed by atoms with Gasteiger partial charge in [0.15, 0.2) is 0 Å². The van der Waals surface area contributed by atoms with E-state index in [-0.39, 0.29) is 18.3 Å². The Balaban J connectivity index is 1.84. The number of thioether (sulfide) groups is 1. The average Bonchev–Trinajstić information content (AvgIpc) is 2.82. The largest absolute Gasteiger partial charge is 0.464 e. The van der Waals surface area contributed by atoms with E-state index in [0.717, 1.165) is 10.0 Å². The maximum Gasteiger partial charge on any atom is 0.305 e. The number of nitrogens with zero attached hydrogens (tertiary/aromatic N) is 2. The molecular formula is C18H21BrN2O3S2. The summed E-state index contributed by atoms with van der Waals surface area (Å²) in [6.45, 7) is 1.49. The molecule has 26 heavy (non-hydrogen) atoms. The molecule has 1 fully saturated rings. The first-order chi connectivity index (χ1) is 12.4. The van der Waals surface area contributed by atoms with Gasteiger partial charge in [-0.1, -0.05) is 52.0 Å². The molecule has 0 aliphatic carbocycles. The van der Waals surface area contributed by atoms with Gasteiger partial charge in [-0.05, 0) is 44.3 Å². The van der Waals surface area contributed by atoms with Crippen molar-refractivity contribution >= 4 is 62.2 Å². The summed E-state index contributed by atoms with van der Waals surface area (Å²) in [7, 11) is 3.84. The highest BCUT2D eigenvalue weighted by Crippen LogP contribution is 2.33. The van der Waals surface area contributed by atoms with Gasteiger partial charge in [0.1, 0.15) is 10.9 Å². The van der Waals surface area contributed by atoms with E-state index in [1.54, 1.807) is 4.90 Å². The molecule has 1 saturated heterocycles. The van der Waals surface area contributed by atoms with Crippen LogP contribution in [0.4, 0.5) is 0 Å². The van der Waals surface area contributed by atoms with Crippen LogP contribution in [0.25, 0.3) is 6.08 Å². The molecule has 1 amide bonds. The van der Waals surface area contributed by atoms with Gasteiger partial charge in [0.05, 0.1) is 4.91 Å². The molecule has 1 aliphatic heterocycles. The summed E-state index contributed by atoms with van der Waals surface area (Å²) in [4.78, 5) is 28.3. The highest BCUT2D eigenvalue weighted by molar-refractivity contribution is 9.10. The molecule has 0 spiro atoms. The maximum atomic E-state index is 12.5. The number of esters is 1. The summed E-state index contributed by atoms with van der Waals surface area (Å²) in [5.74, 6) is -0.358. The number of carbonyl (C=O) groups excluding carboxylic acids is 2. The van der Waals surface area contributed by atoms with Gasteiger partial charge in [-0.3, -0.25) is 14.5 Å². The number of likely N-dealkylation sites (N-methyl/N-ethyl adjacent to an activating group) is 1. The molecule has 0 radical (unpaired) electrons. The van der Waals surface area contributed by atoms with E-state index in [4.69, 9.17) is 17.0 Å². The molecule has 5 nitrogen and oxygen atoms in total. The van der Waals surface area contributed by atoms with E-state index >= 15 is 0 Å². The number of hydrogen-bond donors (Lipinski definition) is 0. The summed E-state index contributed by atoms with van der Waals surface area (Å²) < 4.78 is 6.62. The van der Waals surface area contributed by atoms with Crippen LogP contribution in [-0.4, -0.2) is 59.8 Å². The Hall–Kier alpha value is -1.22. The van der Waals surface area contributed by atoms with E-state index in [2.05, 4.69) is 15.9 Å². The molecule has 0 saturated carbocycles. The molecule has 0 aromatic heterocycles. The minimum absolute atomic E-state index is 0.110. The quantitative estimate of drug-likeness (QED) is 0.338. The van der Waals surface area contributed by atoms with Gasteiger partial charge in [-0.15, -0.1) is 0 Å². The molecule has 1 aliphatic rings. The van der Waals surface area contributed by atoms with Crippen LogP contribution in [-0.2, 0) is 14.3 Å². The number of halogens is 1. The third-order valence-electron chi connectivity index (χ3n) is 3.58. The highest BCUT2D eigenvalue weighted by atomic mass is 79.9. The van der Waals surface area contributed by atoms with E-state index in [1.165, 1.54) is 11.8 Å². The van der Waals surface area contributed by atoms with Crippen molar-refractivity contribution in [3.63, 3.8) is 0 Å². The van der Waals surface area contributed by atoms with Crippen LogP contribution in [0.5, 0.6) is 0 Å². The van der Waals surface area contributed by atoms with Crippen molar-refractivity contribution < 1.29 is 14.3 Å². The molecule has 0 atom stereocenters. The summed E-state index contributed by atoms with van der Waals surface area (Å²) >= 11 is 10.0. The lowest BCUT2D eigenvalue weighted by Gasteiger charge is -2.14. The highest BCUT2D eigenvalue weighted by Gasteiger charge is 2.31. The lowest BCUT2D eigenvalue weighted by molar-refractivity contribution is -0.144. The van der Waals surface area contributed by atoms with Crippen LogP contribution in [0, 0.1) is 0 Å². The van der Waals surface area contributed by atoms with E-state index in [1.807, 2.05) is 49.3 Å². The predicted octanol–water partition coefficient (Wildman–Crippen LogP) is 3.54. The predicted molar refractivity (Wildman–Crippen MR) is 113 cm³/mol. The van der Waals surface area contributed by atoms with Gasteiger partial charge >= 0.3 is 5.97 Å². The second-order valence-corrected chi connectivity index (χ2v) is 8.61. The Morgan fingerprint density at radius 3 is 2.88 bits per heavy atom. The minimum Gasteiger partial charge on any atom is -0.464 e. The Labute approximate surface area is 171 Å². The molecule has 1 aromatic carbocycles. The van der Waals surface area contributed by atoms with Gasteiger partial charge in [0, 0.05) is 24.0 Å². The zero-order valence-electron chi connectivity index (χ0n) is 14.7. The number of benzene rings is 1. The molecule has 1 aromatic rings. The van der Waals surface area contributed by atoms with E-state index < -0.39 is 0 Å². The second kappa shape index (κ2) is 10.2. The lowest BCUT2D eigenvalue weighted by atomic mass is 10.2. The van der Waals surface area contributed by atoms with Crippen molar-refractivity contribution in [2.24, 2.45) is 0 Å². The Bertz CT molecular complexity index is 722. The molecule has 8 heteroatoms. The normalized spacial score (nSPS) is 16.0. The Morgan fingerprint density at radius 1 is 1.42 bits per heavy atom. The van der Waals surface area contributed by atoms with Gasteiger partial charge in [0.2, 0.25) is 0 Å². The summed E-state index contributed by atoms with van der Waals surface area (Å²) in [5, 5.41) is 0. The number of carbonyl (C=O) groups is 2. The first-order valence-corrected chi connectivity index (χ1v) is 10.2. The van der Waals surface area contributed by atoms with Crippen molar-refractivity contribution in [1.29, 1.82) is 0 Å². The monoisotopic (exact) mass is 456 g/mol. The number of thiocarbonyl (C=S) groups is 1. The molecule has 0 N–H and O–H groups in total. The fourth-order valence-electron chi connectivity index (χ4n) is 2.24. The molecule has 0 bridgehead atoms. The fourth-order valence-corrected chi connectivity index (χ4v) is 3.96. The van der Waals surface area contributed by atoms with Crippen LogP contribution in [0.15, 0.2) is 33.6 Å². The van der Waals surface area contributed by atoms with Crippen molar-refractivity contribution in [1.82, 2.24) is 9.80 Å². The SMILES string of the molecule is CN(C)CCOC(=O)CCCN1C(=O)C(=Cc2cccc(Br)c2)SC1=S. The van der Waals surface area contributed by atoms with Gasteiger partial charge in [-0.25, -0.2) is 0 Å². The molecule has 1 heterocycles. The fraction of sp³-hybridized carbons (Fsp3) is 0.389. The van der Waals surface area contributed by atoms with Gasteiger partial charge < -0.3 is 9.64 Å². The zero-order valence-corrected chi connectivity index (χ0v) is 18.0. The van der Waals surface area contributed by atoms with Crippen molar-refractivity contribution in [2.45, 2.75) is 12.8 Å². The van der Waals surface area contributed by atoms with Crippen LogP contribution in [0.3, 0.4) is 0 Å². The van der Waals surface area contributed by atoms with Crippen LogP contribution in [0.1, 0.15) is 18.4 Å². The van der Waals surface area contributed by atoms with Crippen molar-refractivity contribution in [3.8, 4) is 0 Å². The van der Waals surface area contributed by atoms with Crippen LogP contribution < -0.4 is 0 Å². The van der Waals surface area contributed by atoms with Crippen molar-refractivity contribution in [3.05, 3.63) is 39.2 Å². The lowest BCUT2D eigenvalue weighted by Crippen LogP contribution is -2.29. The third kappa shape index (κ3) is 6.50. The standard InChI is InChI=1S/C18H21BrN2O3S2/c1-20(2)9-10-24-16(22)7-4-8-21-17(23)15(26-18(21)25)12-13-5-3-6-14(19)11-13/h3,5-6,11-12H,4,7-10H2,1-2H3. The maximum absolute atomic E-state index is 12.5. The zero-order chi connectivity index (χ0) is 19.1. The number of ether oxygens (including phenoxy) is 1. The van der Waals surface area contributed by atoms with Crippen LogP contribution >= 0.6 is 39.9 Å². The van der Waals surface area contributed by atoms with Crippen LogP contribution in [0.2, 0.25) is 0 Å². The smallest absolute Gasteiger partial charge is 0.305 e. The topological polar surface area (TPSA) is 49.9 Å². The van der Waals surface area contributed by atoms with Gasteiger partial charge in [-0.2, -0.15) is 0 Å². The van der Waals surface area contributed by atoms with E-state index in [0.29, 0.717) is 35.3 Å². The molecule has 140 valence electrons. The van der Waals surface area contributed by atoms with Gasteiger partial charge in [0.25, 0.3) is 5.91 Å². The second-order valence-electron chi connectivity index (χ2n) is 6.02. The summed E-state index contributed by atoms with van der Waals surface area (Å²) in [6.07, 6.45) is 2.63.